The van der Waals surface area contributed by atoms with Gasteiger partial charge in [-0.15, -0.1) is 11.8 Å². The lowest BCUT2D eigenvalue weighted by Gasteiger charge is -2.28. The number of thioether (sulfide) groups is 1. The molecule has 0 saturated carbocycles. The Bertz CT molecular complexity index is 624. The monoisotopic (exact) mass is 289 g/mol. The predicted molar refractivity (Wildman–Crippen MR) is 76.9 cm³/mol. The molecular weight excluding hydrogens is 274 g/mol. The van der Waals surface area contributed by atoms with Gasteiger partial charge in [-0.05, 0) is 24.0 Å². The number of hydrogen-bond donors (Lipinski definition) is 3. The molecule has 3 rings (SSSR count). The fourth-order valence-electron chi connectivity index (χ4n) is 2.50. The van der Waals surface area contributed by atoms with Crippen molar-refractivity contribution in [2.45, 2.75) is 23.4 Å². The molecule has 1 aromatic carbocycles. The first kappa shape index (κ1) is 13.2. The molecule has 0 bridgehead atoms. The summed E-state index contributed by atoms with van der Waals surface area (Å²) in [5.74, 6) is -0.837. The summed E-state index contributed by atoms with van der Waals surface area (Å²) < 4.78 is 0. The van der Waals surface area contributed by atoms with Crippen LogP contribution in [0.15, 0.2) is 35.5 Å². The van der Waals surface area contributed by atoms with Gasteiger partial charge in [0, 0.05) is 17.0 Å². The molecule has 5 nitrogen and oxygen atoms in total. The molecule has 1 aliphatic heterocycles. The third-order valence-corrected chi connectivity index (χ3v) is 4.29. The van der Waals surface area contributed by atoms with Gasteiger partial charge in [-0.3, -0.25) is 10.1 Å². The molecule has 2 aromatic rings. The highest BCUT2D eigenvalue weighted by atomic mass is 32.2. The Balaban J connectivity index is 1.97. The SMILES string of the molecule is CSc1ccc([C@H]2N[C@H](C(=O)O)Cc3[nH]cnc32)cc1. The van der Waals surface area contributed by atoms with Crippen molar-refractivity contribution >= 4 is 17.7 Å². The average Bonchev–Trinajstić information content (AvgIpc) is 2.94. The minimum atomic E-state index is -0.837. The molecule has 0 saturated heterocycles. The summed E-state index contributed by atoms with van der Waals surface area (Å²) in [7, 11) is 0. The molecule has 0 amide bonds. The number of benzene rings is 1. The third kappa shape index (κ3) is 2.32. The fraction of sp³-hybridized carbons (Fsp3) is 0.286. The summed E-state index contributed by atoms with van der Waals surface area (Å²) in [6, 6.07) is 7.35. The molecule has 104 valence electrons. The van der Waals surface area contributed by atoms with Crippen molar-refractivity contribution in [3.05, 3.63) is 47.5 Å². The number of rotatable bonds is 3. The van der Waals surface area contributed by atoms with Crippen molar-refractivity contribution in [1.29, 1.82) is 0 Å². The number of imidazole rings is 1. The van der Waals surface area contributed by atoms with Crippen LogP contribution in [0.2, 0.25) is 0 Å². The number of fused-ring (bicyclic) bond motifs is 1. The van der Waals surface area contributed by atoms with Gasteiger partial charge < -0.3 is 10.1 Å². The topological polar surface area (TPSA) is 78.0 Å². The molecule has 0 unspecified atom stereocenters. The Hall–Kier alpha value is -1.79. The Morgan fingerprint density at radius 1 is 1.40 bits per heavy atom. The van der Waals surface area contributed by atoms with Crippen molar-refractivity contribution in [2.24, 2.45) is 0 Å². The third-order valence-electron chi connectivity index (χ3n) is 3.55. The smallest absolute Gasteiger partial charge is 0.321 e. The van der Waals surface area contributed by atoms with Gasteiger partial charge in [-0.2, -0.15) is 0 Å². The van der Waals surface area contributed by atoms with Crippen molar-refractivity contribution in [3.8, 4) is 0 Å². The van der Waals surface area contributed by atoms with E-state index in [2.05, 4.69) is 15.3 Å². The minimum absolute atomic E-state index is 0.179. The predicted octanol–water partition coefficient (Wildman–Crippen LogP) is 1.82. The number of nitrogens with zero attached hydrogens (tertiary/aromatic N) is 1. The molecule has 20 heavy (non-hydrogen) atoms. The lowest BCUT2D eigenvalue weighted by molar-refractivity contribution is -0.139. The van der Waals surface area contributed by atoms with Crippen LogP contribution in [0, 0.1) is 0 Å². The number of H-pyrrole nitrogens is 1. The van der Waals surface area contributed by atoms with Gasteiger partial charge in [0.1, 0.15) is 6.04 Å². The molecule has 3 N–H and O–H groups in total. The summed E-state index contributed by atoms with van der Waals surface area (Å²) in [6.45, 7) is 0. The van der Waals surface area contributed by atoms with Crippen LogP contribution in [0.4, 0.5) is 0 Å². The largest absolute Gasteiger partial charge is 0.480 e. The molecule has 0 fully saturated rings. The van der Waals surface area contributed by atoms with Crippen LogP contribution in [-0.2, 0) is 11.2 Å². The Morgan fingerprint density at radius 2 is 2.15 bits per heavy atom. The Morgan fingerprint density at radius 3 is 2.80 bits per heavy atom. The zero-order valence-corrected chi connectivity index (χ0v) is 11.8. The molecule has 0 spiro atoms. The molecule has 1 aromatic heterocycles. The van der Waals surface area contributed by atoms with E-state index in [4.69, 9.17) is 0 Å². The number of carbonyl (C=O) groups is 1. The second-order valence-electron chi connectivity index (χ2n) is 4.73. The van der Waals surface area contributed by atoms with Gasteiger partial charge in [-0.1, -0.05) is 12.1 Å². The van der Waals surface area contributed by atoms with Gasteiger partial charge in [-0.25, -0.2) is 4.98 Å². The first-order valence-corrected chi connectivity index (χ1v) is 7.56. The van der Waals surface area contributed by atoms with E-state index in [0.717, 1.165) is 17.0 Å². The van der Waals surface area contributed by atoms with Gasteiger partial charge in [0.25, 0.3) is 0 Å². The maximum atomic E-state index is 11.3. The zero-order chi connectivity index (χ0) is 14.1. The standard InChI is InChI=1S/C14H15N3O2S/c1-20-9-4-2-8(3-5-9)12-13-10(15-7-16-13)6-11(17-12)14(18)19/h2-5,7,11-12,17H,6H2,1H3,(H,15,16)(H,18,19)/t11-,12+/m0/s1. The second-order valence-corrected chi connectivity index (χ2v) is 5.61. The molecule has 6 heteroatoms. The summed E-state index contributed by atoms with van der Waals surface area (Å²) in [5.41, 5.74) is 2.82. The molecule has 2 heterocycles. The van der Waals surface area contributed by atoms with E-state index in [9.17, 15) is 9.90 Å². The lowest BCUT2D eigenvalue weighted by Crippen LogP contribution is -2.45. The van der Waals surface area contributed by atoms with E-state index >= 15 is 0 Å². The van der Waals surface area contributed by atoms with Crippen molar-refractivity contribution in [3.63, 3.8) is 0 Å². The number of carboxylic acid groups (broad SMARTS) is 1. The number of hydrogen-bond acceptors (Lipinski definition) is 4. The first-order valence-electron chi connectivity index (χ1n) is 6.34. The fourth-order valence-corrected chi connectivity index (χ4v) is 2.90. The maximum absolute atomic E-state index is 11.3. The lowest BCUT2D eigenvalue weighted by atomic mass is 9.94. The molecule has 0 aliphatic carbocycles. The number of nitrogens with one attached hydrogen (secondary N) is 2. The van der Waals surface area contributed by atoms with Crippen LogP contribution in [-0.4, -0.2) is 33.3 Å². The van der Waals surface area contributed by atoms with Crippen LogP contribution >= 0.6 is 11.8 Å². The molecule has 0 radical (unpaired) electrons. The minimum Gasteiger partial charge on any atom is -0.480 e. The quantitative estimate of drug-likeness (QED) is 0.751. The Labute approximate surface area is 120 Å². The van der Waals surface area contributed by atoms with Gasteiger partial charge in [0.05, 0.1) is 18.1 Å². The maximum Gasteiger partial charge on any atom is 0.321 e. The normalized spacial score (nSPS) is 21.4. The van der Waals surface area contributed by atoms with Crippen molar-refractivity contribution in [1.82, 2.24) is 15.3 Å². The number of aromatic nitrogens is 2. The van der Waals surface area contributed by atoms with E-state index in [-0.39, 0.29) is 6.04 Å². The highest BCUT2D eigenvalue weighted by Gasteiger charge is 2.32. The van der Waals surface area contributed by atoms with E-state index in [1.807, 2.05) is 30.5 Å². The zero-order valence-electron chi connectivity index (χ0n) is 11.0. The molecule has 2 atom stereocenters. The van der Waals surface area contributed by atoms with Gasteiger partial charge in [0.15, 0.2) is 0 Å². The summed E-state index contributed by atoms with van der Waals surface area (Å²) >= 11 is 1.68. The summed E-state index contributed by atoms with van der Waals surface area (Å²) in [6.07, 6.45) is 4.09. The highest BCUT2D eigenvalue weighted by Crippen LogP contribution is 2.29. The number of carboxylic acids is 1. The van der Waals surface area contributed by atoms with Gasteiger partial charge >= 0.3 is 5.97 Å². The van der Waals surface area contributed by atoms with E-state index in [1.165, 1.54) is 4.90 Å². The van der Waals surface area contributed by atoms with Crippen LogP contribution in [0.5, 0.6) is 0 Å². The summed E-state index contributed by atoms with van der Waals surface area (Å²) in [5, 5.41) is 12.4. The summed E-state index contributed by atoms with van der Waals surface area (Å²) in [4.78, 5) is 19.8. The van der Waals surface area contributed by atoms with Crippen LogP contribution in [0.3, 0.4) is 0 Å². The van der Waals surface area contributed by atoms with E-state index in [0.29, 0.717) is 6.42 Å². The average molecular weight is 289 g/mol. The van der Waals surface area contributed by atoms with Crippen molar-refractivity contribution in [2.75, 3.05) is 6.26 Å². The van der Waals surface area contributed by atoms with E-state index < -0.39 is 12.0 Å². The van der Waals surface area contributed by atoms with Crippen LogP contribution in [0.1, 0.15) is 23.0 Å². The highest BCUT2D eigenvalue weighted by molar-refractivity contribution is 7.98. The first-order chi connectivity index (χ1) is 9.69. The second kappa shape index (κ2) is 5.30. The molecule has 1 aliphatic rings. The Kier molecular flexibility index (Phi) is 3.50. The van der Waals surface area contributed by atoms with Crippen LogP contribution in [0.25, 0.3) is 0 Å². The van der Waals surface area contributed by atoms with E-state index in [1.54, 1.807) is 18.1 Å². The number of aromatic amines is 1. The van der Waals surface area contributed by atoms with Crippen LogP contribution < -0.4 is 5.32 Å². The van der Waals surface area contributed by atoms with Crippen molar-refractivity contribution < 1.29 is 9.90 Å². The van der Waals surface area contributed by atoms with Gasteiger partial charge in [0.2, 0.25) is 0 Å². The molecular formula is C14H15N3O2S. The number of aliphatic carboxylic acids is 1.